The Hall–Kier alpha value is -1.35. The van der Waals surface area contributed by atoms with Crippen LogP contribution in [0.25, 0.3) is 0 Å². The molecule has 0 atom stereocenters. The molecule has 4 nitrogen and oxygen atoms in total. The zero-order valence-electron chi connectivity index (χ0n) is 10.8. The van der Waals surface area contributed by atoms with Crippen molar-refractivity contribution in [1.29, 1.82) is 0 Å². The number of carbonyl (C=O) groups excluding carboxylic acids is 1. The Balaban J connectivity index is 1.77. The van der Waals surface area contributed by atoms with Gasteiger partial charge in [-0.15, -0.1) is 11.3 Å². The molecule has 0 saturated carbocycles. The quantitative estimate of drug-likeness (QED) is 0.805. The summed E-state index contributed by atoms with van der Waals surface area (Å²) >= 11 is 1.42. The smallest absolute Gasteiger partial charge is 0.252 e. The van der Waals surface area contributed by atoms with Crippen molar-refractivity contribution in [3.63, 3.8) is 0 Å². The molecule has 0 spiro atoms. The average Bonchev–Trinajstić information content (AvgIpc) is 3.07. The van der Waals surface area contributed by atoms with Crippen LogP contribution in [0.5, 0.6) is 0 Å². The third-order valence-corrected chi connectivity index (χ3v) is 3.91. The fraction of sp³-hybridized carbons (Fsp3) is 0.500. The average molecular weight is 278 g/mol. The minimum Gasteiger partial charge on any atom is -0.384 e. The highest BCUT2D eigenvalue weighted by molar-refractivity contribution is 7.10. The molecule has 0 aromatic carbocycles. The number of hydrogen-bond acceptors (Lipinski definition) is 4. The number of amides is 1. The van der Waals surface area contributed by atoms with Gasteiger partial charge in [-0.1, -0.05) is 11.8 Å². The Morgan fingerprint density at radius 3 is 3.00 bits per heavy atom. The van der Waals surface area contributed by atoms with Gasteiger partial charge >= 0.3 is 0 Å². The summed E-state index contributed by atoms with van der Waals surface area (Å²) in [4.78, 5) is 15.1. The Kier molecular flexibility index (Phi) is 5.40. The van der Waals surface area contributed by atoms with Crippen molar-refractivity contribution in [2.24, 2.45) is 0 Å². The molecule has 1 aromatic rings. The lowest BCUT2D eigenvalue weighted by molar-refractivity contribution is 0.0950. The van der Waals surface area contributed by atoms with Crippen LogP contribution in [-0.2, 0) is 0 Å². The third kappa shape index (κ3) is 4.35. The number of thiophene rings is 1. The molecule has 2 heterocycles. The van der Waals surface area contributed by atoms with Gasteiger partial charge in [0.2, 0.25) is 0 Å². The zero-order chi connectivity index (χ0) is 13.5. The van der Waals surface area contributed by atoms with Crippen LogP contribution in [0, 0.1) is 11.8 Å². The molecule has 0 aliphatic carbocycles. The number of likely N-dealkylation sites (tertiary alicyclic amines) is 1. The molecule has 0 radical (unpaired) electrons. The lowest BCUT2D eigenvalue weighted by Gasteiger charge is -2.14. The van der Waals surface area contributed by atoms with Gasteiger partial charge in [0.25, 0.3) is 5.91 Å². The lowest BCUT2D eigenvalue weighted by atomic mass is 10.3. The molecule has 1 amide bonds. The molecular formula is C14H18N2O2S. The van der Waals surface area contributed by atoms with Crippen molar-refractivity contribution >= 4 is 17.2 Å². The summed E-state index contributed by atoms with van der Waals surface area (Å²) in [7, 11) is 0. The monoisotopic (exact) mass is 278 g/mol. The SMILES string of the molecule is O=C(NCCN1CCCC1)c1csc(C#CCO)c1. The van der Waals surface area contributed by atoms with E-state index in [4.69, 9.17) is 5.11 Å². The maximum absolute atomic E-state index is 11.9. The summed E-state index contributed by atoms with van der Waals surface area (Å²) in [6, 6.07) is 1.76. The van der Waals surface area contributed by atoms with Gasteiger partial charge in [-0.3, -0.25) is 4.79 Å². The zero-order valence-corrected chi connectivity index (χ0v) is 11.6. The highest BCUT2D eigenvalue weighted by Crippen LogP contribution is 2.13. The van der Waals surface area contributed by atoms with Gasteiger partial charge in [-0.05, 0) is 32.0 Å². The van der Waals surface area contributed by atoms with Crippen LogP contribution >= 0.6 is 11.3 Å². The van der Waals surface area contributed by atoms with Crippen LogP contribution in [0.3, 0.4) is 0 Å². The van der Waals surface area contributed by atoms with E-state index in [9.17, 15) is 4.79 Å². The second kappa shape index (κ2) is 7.29. The molecule has 0 bridgehead atoms. The molecule has 2 N–H and O–H groups in total. The van der Waals surface area contributed by atoms with E-state index in [1.165, 1.54) is 24.2 Å². The van der Waals surface area contributed by atoms with E-state index in [0.717, 1.165) is 24.5 Å². The van der Waals surface area contributed by atoms with Crippen molar-refractivity contribution in [3.8, 4) is 11.8 Å². The summed E-state index contributed by atoms with van der Waals surface area (Å²) in [5.74, 6) is 5.33. The van der Waals surface area contributed by atoms with Crippen LogP contribution in [0.4, 0.5) is 0 Å². The number of carbonyl (C=O) groups is 1. The van der Waals surface area contributed by atoms with Crippen LogP contribution in [0.1, 0.15) is 28.1 Å². The van der Waals surface area contributed by atoms with Gasteiger partial charge in [0.1, 0.15) is 6.61 Å². The number of rotatable bonds is 4. The van der Waals surface area contributed by atoms with Gasteiger partial charge < -0.3 is 15.3 Å². The van der Waals surface area contributed by atoms with Gasteiger partial charge in [0, 0.05) is 18.5 Å². The highest BCUT2D eigenvalue weighted by Gasteiger charge is 2.12. The lowest BCUT2D eigenvalue weighted by Crippen LogP contribution is -2.33. The summed E-state index contributed by atoms with van der Waals surface area (Å²) in [5.41, 5.74) is 0.647. The predicted molar refractivity (Wildman–Crippen MR) is 76.3 cm³/mol. The van der Waals surface area contributed by atoms with Crippen LogP contribution in [0.2, 0.25) is 0 Å². The van der Waals surface area contributed by atoms with E-state index in [1.807, 2.05) is 0 Å². The summed E-state index contributed by atoms with van der Waals surface area (Å²) in [6.07, 6.45) is 2.54. The maximum Gasteiger partial charge on any atom is 0.252 e. The normalized spacial score (nSPS) is 15.0. The molecule has 5 heteroatoms. The van der Waals surface area contributed by atoms with Gasteiger partial charge in [0.05, 0.1) is 10.4 Å². The first-order chi connectivity index (χ1) is 9.29. The molecule has 1 aliphatic heterocycles. The number of hydrogen-bond donors (Lipinski definition) is 2. The molecule has 1 aromatic heterocycles. The van der Waals surface area contributed by atoms with E-state index in [-0.39, 0.29) is 12.5 Å². The number of aliphatic hydroxyl groups is 1. The predicted octanol–water partition coefficient (Wildman–Crippen LogP) is 0.917. The summed E-state index contributed by atoms with van der Waals surface area (Å²) < 4.78 is 0. The second-order valence-electron chi connectivity index (χ2n) is 4.46. The van der Waals surface area contributed by atoms with Crippen molar-refractivity contribution in [3.05, 3.63) is 21.9 Å². The van der Waals surface area contributed by atoms with Gasteiger partial charge in [0.15, 0.2) is 0 Å². The topological polar surface area (TPSA) is 52.6 Å². The molecule has 1 fully saturated rings. The number of nitrogens with zero attached hydrogens (tertiary/aromatic N) is 1. The molecular weight excluding hydrogens is 260 g/mol. The standard InChI is InChI=1S/C14H18N2O2S/c17-9-3-4-13-10-12(11-19-13)14(18)15-5-8-16-6-1-2-7-16/h10-11,17H,1-2,5-9H2,(H,15,18). The van der Waals surface area contributed by atoms with E-state index in [1.54, 1.807) is 11.4 Å². The first kappa shape index (κ1) is 14.1. The Bertz CT molecular complexity index is 481. The summed E-state index contributed by atoms with van der Waals surface area (Å²) in [6.45, 7) is 3.75. The molecule has 1 aliphatic rings. The molecule has 102 valence electrons. The van der Waals surface area contributed by atoms with Gasteiger partial charge in [-0.25, -0.2) is 0 Å². The van der Waals surface area contributed by atoms with E-state index in [2.05, 4.69) is 22.1 Å². The largest absolute Gasteiger partial charge is 0.384 e. The molecule has 19 heavy (non-hydrogen) atoms. The van der Waals surface area contributed by atoms with Crippen LogP contribution in [0.15, 0.2) is 11.4 Å². The van der Waals surface area contributed by atoms with Crippen molar-refractivity contribution < 1.29 is 9.90 Å². The fourth-order valence-electron chi connectivity index (χ4n) is 2.08. The third-order valence-electron chi connectivity index (χ3n) is 3.06. The summed E-state index contributed by atoms with van der Waals surface area (Å²) in [5, 5.41) is 13.3. The van der Waals surface area contributed by atoms with Crippen molar-refractivity contribution in [1.82, 2.24) is 10.2 Å². The first-order valence-electron chi connectivity index (χ1n) is 6.48. The van der Waals surface area contributed by atoms with Crippen LogP contribution in [-0.4, -0.2) is 48.7 Å². The van der Waals surface area contributed by atoms with Crippen molar-refractivity contribution in [2.75, 3.05) is 32.8 Å². The maximum atomic E-state index is 11.9. The Labute approximate surface area is 117 Å². The Morgan fingerprint density at radius 2 is 2.26 bits per heavy atom. The fourth-order valence-corrected chi connectivity index (χ4v) is 2.84. The molecule has 1 saturated heterocycles. The number of nitrogens with one attached hydrogen (secondary N) is 1. The van der Waals surface area contributed by atoms with Gasteiger partial charge in [-0.2, -0.15) is 0 Å². The minimum absolute atomic E-state index is 0.0486. The molecule has 0 unspecified atom stereocenters. The van der Waals surface area contributed by atoms with Crippen LogP contribution < -0.4 is 5.32 Å². The minimum atomic E-state index is -0.157. The van der Waals surface area contributed by atoms with Crippen molar-refractivity contribution in [2.45, 2.75) is 12.8 Å². The van der Waals surface area contributed by atoms with E-state index < -0.39 is 0 Å². The van der Waals surface area contributed by atoms with E-state index >= 15 is 0 Å². The van der Waals surface area contributed by atoms with E-state index in [0.29, 0.717) is 12.1 Å². The Morgan fingerprint density at radius 1 is 1.47 bits per heavy atom. The highest BCUT2D eigenvalue weighted by atomic mass is 32.1. The number of aliphatic hydroxyl groups excluding tert-OH is 1. The first-order valence-corrected chi connectivity index (χ1v) is 7.36. The second-order valence-corrected chi connectivity index (χ2v) is 5.38. The molecule has 2 rings (SSSR count).